The molecular weight excluding hydrogens is 376 g/mol. The molecular formula is C17H16N2O7S. The Hall–Kier alpha value is -3.05. The highest BCUT2D eigenvalue weighted by atomic mass is 32.2. The molecule has 0 saturated carbocycles. The topological polar surface area (TPSA) is 168 Å². The van der Waals surface area contributed by atoms with Crippen LogP contribution in [-0.4, -0.2) is 45.7 Å². The lowest BCUT2D eigenvalue weighted by molar-refractivity contribution is 0.0793. The maximum Gasteiger partial charge on any atom is 0.295 e. The Bertz CT molecular complexity index is 1090. The number of carbonyl (C=O) groups is 1. The van der Waals surface area contributed by atoms with Crippen LogP contribution in [0.2, 0.25) is 0 Å². The Morgan fingerprint density at radius 3 is 2.41 bits per heavy atom. The zero-order valence-corrected chi connectivity index (χ0v) is 14.5. The summed E-state index contributed by atoms with van der Waals surface area (Å²) in [5, 5.41) is 22.8. The van der Waals surface area contributed by atoms with E-state index < -0.39 is 32.8 Å². The molecule has 1 aromatic heterocycles. The molecule has 0 saturated heterocycles. The van der Waals surface area contributed by atoms with Gasteiger partial charge in [0.1, 0.15) is 10.4 Å². The first kappa shape index (κ1) is 20.3. The molecule has 1 heterocycles. The molecule has 0 fully saturated rings. The molecule has 10 heteroatoms. The molecule has 0 bridgehead atoms. The molecule has 1 atom stereocenters. The number of aliphatic hydroxyl groups is 1. The van der Waals surface area contributed by atoms with E-state index in [-0.39, 0.29) is 27.6 Å². The number of fused-ring (bicyclic) bond motifs is 1. The SMILES string of the molecule is O.O=C(c1ccccc1)C(O)Nc1cc(S(=O)(=O)O)c2cccnc2c1O. The van der Waals surface area contributed by atoms with Crippen LogP contribution in [0.4, 0.5) is 5.69 Å². The number of aliphatic hydroxyl groups excluding tert-OH is 1. The minimum atomic E-state index is -4.63. The maximum atomic E-state index is 12.2. The van der Waals surface area contributed by atoms with Gasteiger partial charge in [-0.3, -0.25) is 14.3 Å². The number of phenolic OH excluding ortho intramolecular Hbond substituents is 1. The third-order valence-corrected chi connectivity index (χ3v) is 4.60. The number of carbonyl (C=O) groups excluding carboxylic acids is 1. The summed E-state index contributed by atoms with van der Waals surface area (Å²) >= 11 is 0. The standard InChI is InChI=1S/C17H14N2O6S.H2O/c20-15(10-5-2-1-3-6-10)17(22)19-12-9-13(26(23,24)25)11-7-4-8-18-14(11)16(12)21;/h1-9,17,19,21-22H,(H,23,24,25);1H2. The van der Waals surface area contributed by atoms with Crippen molar-refractivity contribution < 1.29 is 33.5 Å². The van der Waals surface area contributed by atoms with E-state index in [2.05, 4.69) is 10.3 Å². The molecule has 27 heavy (non-hydrogen) atoms. The molecule has 0 radical (unpaired) electrons. The summed E-state index contributed by atoms with van der Waals surface area (Å²) in [4.78, 5) is 15.6. The summed E-state index contributed by atoms with van der Waals surface area (Å²) in [5.74, 6) is -1.15. The number of pyridine rings is 1. The van der Waals surface area contributed by atoms with E-state index in [9.17, 15) is 28.0 Å². The van der Waals surface area contributed by atoms with Gasteiger partial charge in [-0.05, 0) is 18.2 Å². The number of hydrogen-bond acceptors (Lipinski definition) is 7. The highest BCUT2D eigenvalue weighted by Gasteiger charge is 2.23. The van der Waals surface area contributed by atoms with Crippen molar-refractivity contribution in [1.29, 1.82) is 0 Å². The number of nitrogens with zero attached hydrogens (tertiary/aromatic N) is 1. The summed E-state index contributed by atoms with van der Waals surface area (Å²) in [6.07, 6.45) is -0.427. The molecule has 2 aromatic carbocycles. The van der Waals surface area contributed by atoms with Gasteiger partial charge < -0.3 is 21.0 Å². The molecule has 3 rings (SSSR count). The summed E-state index contributed by atoms with van der Waals surface area (Å²) in [6, 6.07) is 11.7. The lowest BCUT2D eigenvalue weighted by Gasteiger charge is -2.16. The van der Waals surface area contributed by atoms with Crippen molar-refractivity contribution >= 4 is 32.5 Å². The molecule has 1 unspecified atom stereocenters. The Balaban J connectivity index is 0.00000261. The predicted molar refractivity (Wildman–Crippen MR) is 97.2 cm³/mol. The number of anilines is 1. The van der Waals surface area contributed by atoms with E-state index in [1.807, 2.05) is 0 Å². The van der Waals surface area contributed by atoms with E-state index in [1.165, 1.54) is 30.5 Å². The van der Waals surface area contributed by atoms with Gasteiger partial charge in [-0.25, -0.2) is 0 Å². The smallest absolute Gasteiger partial charge is 0.295 e. The van der Waals surface area contributed by atoms with Gasteiger partial charge in [-0.15, -0.1) is 0 Å². The number of benzene rings is 2. The van der Waals surface area contributed by atoms with Crippen LogP contribution in [-0.2, 0) is 10.1 Å². The molecule has 6 N–H and O–H groups in total. The van der Waals surface area contributed by atoms with Crippen molar-refractivity contribution in [3.63, 3.8) is 0 Å². The van der Waals surface area contributed by atoms with Gasteiger partial charge in [0.25, 0.3) is 10.1 Å². The van der Waals surface area contributed by atoms with Crippen LogP contribution < -0.4 is 5.32 Å². The quantitative estimate of drug-likeness (QED) is 0.215. The molecule has 9 nitrogen and oxygen atoms in total. The maximum absolute atomic E-state index is 12.2. The fourth-order valence-electron chi connectivity index (χ4n) is 2.49. The van der Waals surface area contributed by atoms with Gasteiger partial charge >= 0.3 is 0 Å². The predicted octanol–water partition coefficient (Wildman–Crippen LogP) is 0.976. The first-order valence-corrected chi connectivity index (χ1v) is 8.85. The van der Waals surface area contributed by atoms with Gasteiger partial charge in [0.05, 0.1) is 5.69 Å². The van der Waals surface area contributed by atoms with Crippen LogP contribution in [0.1, 0.15) is 10.4 Å². The zero-order chi connectivity index (χ0) is 18.9. The van der Waals surface area contributed by atoms with Crippen LogP contribution in [0.5, 0.6) is 5.75 Å². The molecule has 0 aliphatic heterocycles. The molecule has 142 valence electrons. The Kier molecular flexibility index (Phi) is 5.76. The lowest BCUT2D eigenvalue weighted by Crippen LogP contribution is -2.29. The number of aromatic hydroxyl groups is 1. The summed E-state index contributed by atoms with van der Waals surface area (Å²) in [5.41, 5.74) is -0.147. The zero-order valence-electron chi connectivity index (χ0n) is 13.7. The fourth-order valence-corrected chi connectivity index (χ4v) is 3.20. The third kappa shape index (κ3) is 4.04. The van der Waals surface area contributed by atoms with Crippen molar-refractivity contribution in [3.05, 3.63) is 60.3 Å². The number of ketones is 1. The van der Waals surface area contributed by atoms with Crippen LogP contribution >= 0.6 is 0 Å². The van der Waals surface area contributed by atoms with E-state index in [0.29, 0.717) is 0 Å². The number of aromatic nitrogens is 1. The number of hydrogen-bond donors (Lipinski definition) is 4. The first-order valence-electron chi connectivity index (χ1n) is 7.41. The van der Waals surface area contributed by atoms with Crippen LogP contribution in [0.15, 0.2) is 59.6 Å². The lowest BCUT2D eigenvalue weighted by atomic mass is 10.1. The number of Topliss-reactive ketones (excluding diaryl/α,β-unsaturated/α-hetero) is 1. The number of rotatable bonds is 5. The average Bonchev–Trinajstić information content (AvgIpc) is 2.63. The normalized spacial score (nSPS) is 12.2. The molecule has 3 aromatic rings. The molecule has 0 spiro atoms. The number of phenols is 1. The molecule has 0 aliphatic rings. The Morgan fingerprint density at radius 1 is 1.11 bits per heavy atom. The summed E-state index contributed by atoms with van der Waals surface area (Å²) in [7, 11) is -4.63. The molecule has 0 amide bonds. The van der Waals surface area contributed by atoms with Gasteiger partial charge in [0, 0.05) is 17.1 Å². The second-order valence-corrected chi connectivity index (χ2v) is 6.81. The molecule has 0 aliphatic carbocycles. The minimum absolute atomic E-state index is 0. The van der Waals surface area contributed by atoms with Crippen LogP contribution in [0.25, 0.3) is 10.9 Å². The van der Waals surface area contributed by atoms with Gasteiger partial charge in [-0.1, -0.05) is 30.3 Å². The third-order valence-electron chi connectivity index (χ3n) is 3.70. The average molecular weight is 392 g/mol. The monoisotopic (exact) mass is 392 g/mol. The largest absolute Gasteiger partial charge is 0.504 e. The van der Waals surface area contributed by atoms with Crippen molar-refractivity contribution in [1.82, 2.24) is 4.98 Å². The van der Waals surface area contributed by atoms with E-state index in [4.69, 9.17) is 0 Å². The minimum Gasteiger partial charge on any atom is -0.504 e. The van der Waals surface area contributed by atoms with Gasteiger partial charge in [0.2, 0.25) is 5.78 Å². The fraction of sp³-hybridized carbons (Fsp3) is 0.0588. The van der Waals surface area contributed by atoms with Crippen LogP contribution in [0, 0.1) is 0 Å². The summed E-state index contributed by atoms with van der Waals surface area (Å²) in [6.45, 7) is 0. The van der Waals surface area contributed by atoms with E-state index >= 15 is 0 Å². The second-order valence-electron chi connectivity index (χ2n) is 5.42. The van der Waals surface area contributed by atoms with E-state index in [1.54, 1.807) is 18.2 Å². The Labute approximate surface area is 154 Å². The first-order chi connectivity index (χ1) is 12.3. The summed E-state index contributed by atoms with van der Waals surface area (Å²) < 4.78 is 32.7. The van der Waals surface area contributed by atoms with Gasteiger partial charge in [-0.2, -0.15) is 8.42 Å². The highest BCUT2D eigenvalue weighted by Crippen LogP contribution is 2.36. The number of nitrogens with one attached hydrogen (secondary N) is 1. The second kappa shape index (κ2) is 7.68. The Morgan fingerprint density at radius 2 is 1.78 bits per heavy atom. The van der Waals surface area contributed by atoms with Gasteiger partial charge in [0.15, 0.2) is 12.0 Å². The van der Waals surface area contributed by atoms with Crippen LogP contribution in [0.3, 0.4) is 0 Å². The van der Waals surface area contributed by atoms with Crippen molar-refractivity contribution in [2.45, 2.75) is 11.1 Å². The van der Waals surface area contributed by atoms with Crippen molar-refractivity contribution in [2.24, 2.45) is 0 Å². The van der Waals surface area contributed by atoms with Crippen molar-refractivity contribution in [3.8, 4) is 5.75 Å². The van der Waals surface area contributed by atoms with E-state index in [0.717, 1.165) is 6.07 Å². The van der Waals surface area contributed by atoms with Crippen molar-refractivity contribution in [2.75, 3.05) is 5.32 Å². The highest BCUT2D eigenvalue weighted by molar-refractivity contribution is 7.86.